The first-order valence-corrected chi connectivity index (χ1v) is 8.91. The van der Waals surface area contributed by atoms with Crippen molar-refractivity contribution < 1.29 is 4.74 Å². The summed E-state index contributed by atoms with van der Waals surface area (Å²) < 4.78 is 6.68. The van der Waals surface area contributed by atoms with Crippen LogP contribution in [0.15, 0.2) is 22.7 Å². The Morgan fingerprint density at radius 2 is 2.14 bits per heavy atom. The highest BCUT2D eigenvalue weighted by atomic mass is 79.9. The average Bonchev–Trinajstić information content (AvgIpc) is 2.55. The third-order valence-corrected chi connectivity index (χ3v) is 5.38. The minimum Gasteiger partial charge on any atom is -0.379 e. The van der Waals surface area contributed by atoms with Crippen LogP contribution in [-0.2, 0) is 11.2 Å². The molecule has 0 aromatic heterocycles. The monoisotopic (exact) mass is 352 g/mol. The van der Waals surface area contributed by atoms with Crippen molar-refractivity contribution in [3.63, 3.8) is 0 Å². The Morgan fingerprint density at radius 1 is 1.29 bits per heavy atom. The summed E-state index contributed by atoms with van der Waals surface area (Å²) in [7, 11) is 0. The maximum absolute atomic E-state index is 5.40. The second kappa shape index (κ2) is 7.73. The van der Waals surface area contributed by atoms with Gasteiger partial charge in [0.15, 0.2) is 0 Å². The maximum Gasteiger partial charge on any atom is 0.0594 e. The van der Waals surface area contributed by atoms with Gasteiger partial charge in [0.2, 0.25) is 0 Å². The molecule has 1 aromatic rings. The van der Waals surface area contributed by atoms with Crippen LogP contribution in [0.3, 0.4) is 0 Å². The minimum absolute atomic E-state index is 0.684. The molecule has 116 valence electrons. The average molecular weight is 353 g/mol. The molecule has 1 N–H and O–H groups in total. The van der Waals surface area contributed by atoms with E-state index in [1.54, 1.807) is 0 Å². The Morgan fingerprint density at radius 3 is 2.86 bits per heavy atom. The highest BCUT2D eigenvalue weighted by molar-refractivity contribution is 9.10. The zero-order chi connectivity index (χ0) is 14.5. The van der Waals surface area contributed by atoms with Crippen molar-refractivity contribution in [1.82, 2.24) is 10.2 Å². The molecular formula is C17H25BrN2O. The highest BCUT2D eigenvalue weighted by Gasteiger charge is 2.16. The first-order chi connectivity index (χ1) is 10.3. The van der Waals surface area contributed by atoms with Crippen LogP contribution in [0.2, 0.25) is 0 Å². The van der Waals surface area contributed by atoms with Crippen LogP contribution in [0.25, 0.3) is 0 Å². The third kappa shape index (κ3) is 4.28. The predicted octanol–water partition coefficient (Wildman–Crippen LogP) is 2.79. The summed E-state index contributed by atoms with van der Waals surface area (Å²) in [5.74, 6) is 0.684. The van der Waals surface area contributed by atoms with Gasteiger partial charge in [-0.2, -0.15) is 0 Å². The standard InChI is InChI=1S/C17H25BrN2O/c18-17-12-15(16-2-1-6-19-13-16)4-3-14(17)5-7-20-8-10-21-11-9-20/h3-4,12,16,19H,1-2,5-11,13H2. The van der Waals surface area contributed by atoms with E-state index < -0.39 is 0 Å². The van der Waals surface area contributed by atoms with Gasteiger partial charge in [-0.25, -0.2) is 0 Å². The van der Waals surface area contributed by atoms with E-state index in [2.05, 4.69) is 44.3 Å². The molecule has 0 saturated carbocycles. The van der Waals surface area contributed by atoms with Gasteiger partial charge in [-0.15, -0.1) is 0 Å². The molecule has 2 fully saturated rings. The quantitative estimate of drug-likeness (QED) is 0.901. The fourth-order valence-corrected chi connectivity index (χ4v) is 3.85. The molecule has 2 saturated heterocycles. The minimum atomic E-state index is 0.684. The van der Waals surface area contributed by atoms with Crippen LogP contribution in [-0.4, -0.2) is 50.8 Å². The van der Waals surface area contributed by atoms with Gasteiger partial charge in [-0.3, -0.25) is 4.90 Å². The van der Waals surface area contributed by atoms with Crippen molar-refractivity contribution in [2.45, 2.75) is 25.2 Å². The number of ether oxygens (including phenoxy) is 1. The molecule has 0 radical (unpaired) electrons. The number of nitrogens with one attached hydrogen (secondary N) is 1. The Labute approximate surface area is 136 Å². The molecule has 0 bridgehead atoms. The predicted molar refractivity (Wildman–Crippen MR) is 89.9 cm³/mol. The van der Waals surface area contributed by atoms with Crippen molar-refractivity contribution in [2.24, 2.45) is 0 Å². The van der Waals surface area contributed by atoms with Crippen LogP contribution in [0.5, 0.6) is 0 Å². The van der Waals surface area contributed by atoms with E-state index in [4.69, 9.17) is 4.74 Å². The molecular weight excluding hydrogens is 328 g/mol. The molecule has 2 aliphatic rings. The molecule has 4 heteroatoms. The summed E-state index contributed by atoms with van der Waals surface area (Å²) in [4.78, 5) is 2.49. The number of halogens is 1. The summed E-state index contributed by atoms with van der Waals surface area (Å²) >= 11 is 3.78. The second-order valence-electron chi connectivity index (χ2n) is 6.10. The van der Waals surface area contributed by atoms with E-state index in [9.17, 15) is 0 Å². The molecule has 0 spiro atoms. The largest absolute Gasteiger partial charge is 0.379 e. The number of morpholine rings is 1. The molecule has 2 heterocycles. The van der Waals surface area contributed by atoms with Gasteiger partial charge in [0.1, 0.15) is 0 Å². The fraction of sp³-hybridized carbons (Fsp3) is 0.647. The Kier molecular flexibility index (Phi) is 5.69. The lowest BCUT2D eigenvalue weighted by Gasteiger charge is -2.27. The number of hydrogen-bond donors (Lipinski definition) is 1. The zero-order valence-electron chi connectivity index (χ0n) is 12.6. The van der Waals surface area contributed by atoms with Gasteiger partial charge >= 0.3 is 0 Å². The van der Waals surface area contributed by atoms with Gasteiger partial charge in [-0.05, 0) is 48.9 Å². The highest BCUT2D eigenvalue weighted by Crippen LogP contribution is 2.28. The molecule has 1 aromatic carbocycles. The van der Waals surface area contributed by atoms with Gasteiger partial charge in [0.05, 0.1) is 13.2 Å². The maximum atomic E-state index is 5.40. The molecule has 1 atom stereocenters. The van der Waals surface area contributed by atoms with Crippen molar-refractivity contribution in [2.75, 3.05) is 45.9 Å². The van der Waals surface area contributed by atoms with Crippen LogP contribution in [0.4, 0.5) is 0 Å². The summed E-state index contributed by atoms with van der Waals surface area (Å²) in [6.45, 7) is 7.34. The van der Waals surface area contributed by atoms with E-state index in [0.29, 0.717) is 5.92 Å². The van der Waals surface area contributed by atoms with Crippen LogP contribution in [0, 0.1) is 0 Å². The van der Waals surface area contributed by atoms with Crippen molar-refractivity contribution >= 4 is 15.9 Å². The van der Waals surface area contributed by atoms with Crippen LogP contribution < -0.4 is 5.32 Å². The van der Waals surface area contributed by atoms with Crippen LogP contribution >= 0.6 is 15.9 Å². The number of nitrogens with zero attached hydrogens (tertiary/aromatic N) is 1. The Hall–Kier alpha value is -0.420. The SMILES string of the molecule is Brc1cc(C2CCCNC2)ccc1CCN1CCOCC1. The van der Waals surface area contributed by atoms with E-state index >= 15 is 0 Å². The first-order valence-electron chi connectivity index (χ1n) is 8.12. The molecule has 21 heavy (non-hydrogen) atoms. The molecule has 0 amide bonds. The lowest BCUT2D eigenvalue weighted by molar-refractivity contribution is 0.0384. The van der Waals surface area contributed by atoms with Gasteiger partial charge in [-0.1, -0.05) is 28.1 Å². The number of piperidine rings is 1. The molecule has 3 nitrogen and oxygen atoms in total. The van der Waals surface area contributed by atoms with E-state index in [1.807, 2.05) is 0 Å². The molecule has 0 aliphatic carbocycles. The van der Waals surface area contributed by atoms with Gasteiger partial charge in [0, 0.05) is 30.7 Å². The molecule has 3 rings (SSSR count). The fourth-order valence-electron chi connectivity index (χ4n) is 3.26. The normalized spacial score (nSPS) is 24.1. The number of benzene rings is 1. The molecule has 1 unspecified atom stereocenters. The zero-order valence-corrected chi connectivity index (χ0v) is 14.2. The summed E-state index contributed by atoms with van der Waals surface area (Å²) in [5, 5.41) is 3.50. The lowest BCUT2D eigenvalue weighted by atomic mass is 9.91. The van der Waals surface area contributed by atoms with Crippen LogP contribution in [0.1, 0.15) is 29.9 Å². The molecule has 2 aliphatic heterocycles. The van der Waals surface area contributed by atoms with Gasteiger partial charge < -0.3 is 10.1 Å². The first kappa shape index (κ1) is 15.5. The van der Waals surface area contributed by atoms with E-state index in [-0.39, 0.29) is 0 Å². The summed E-state index contributed by atoms with van der Waals surface area (Å²) in [5.41, 5.74) is 2.90. The lowest BCUT2D eigenvalue weighted by Crippen LogP contribution is -2.37. The summed E-state index contributed by atoms with van der Waals surface area (Å²) in [6.07, 6.45) is 3.72. The van der Waals surface area contributed by atoms with E-state index in [0.717, 1.165) is 45.8 Å². The van der Waals surface area contributed by atoms with E-state index in [1.165, 1.54) is 35.0 Å². The van der Waals surface area contributed by atoms with Crippen molar-refractivity contribution in [1.29, 1.82) is 0 Å². The number of rotatable bonds is 4. The Bertz CT molecular complexity index is 454. The summed E-state index contributed by atoms with van der Waals surface area (Å²) in [6, 6.07) is 6.98. The smallest absolute Gasteiger partial charge is 0.0594 e. The topological polar surface area (TPSA) is 24.5 Å². The second-order valence-corrected chi connectivity index (χ2v) is 6.95. The van der Waals surface area contributed by atoms with Crippen molar-refractivity contribution in [3.8, 4) is 0 Å². The third-order valence-electron chi connectivity index (χ3n) is 4.65. The van der Waals surface area contributed by atoms with Crippen molar-refractivity contribution in [3.05, 3.63) is 33.8 Å². The van der Waals surface area contributed by atoms with Gasteiger partial charge in [0.25, 0.3) is 0 Å². The Balaban J connectivity index is 1.58. The number of hydrogen-bond acceptors (Lipinski definition) is 3.